The molecule has 0 saturated carbocycles. The molecule has 0 saturated heterocycles. The van der Waals surface area contributed by atoms with Gasteiger partial charge in [-0.1, -0.05) is 18.2 Å². The first kappa shape index (κ1) is 10.5. The lowest BCUT2D eigenvalue weighted by Crippen LogP contribution is -2.04. The molecule has 0 aliphatic carbocycles. The summed E-state index contributed by atoms with van der Waals surface area (Å²) in [6.45, 7) is 2.30. The number of hydrogen-bond acceptors (Lipinski definition) is 3. The zero-order chi connectivity index (χ0) is 11.4. The molecule has 2 aromatic rings. The van der Waals surface area contributed by atoms with Crippen LogP contribution in [-0.2, 0) is 6.54 Å². The van der Waals surface area contributed by atoms with Gasteiger partial charge < -0.3 is 5.32 Å². The second kappa shape index (κ2) is 4.70. The van der Waals surface area contributed by atoms with E-state index in [9.17, 15) is 4.39 Å². The van der Waals surface area contributed by atoms with E-state index in [1.54, 1.807) is 30.6 Å². The van der Waals surface area contributed by atoms with Crippen LogP contribution in [0.2, 0.25) is 0 Å². The van der Waals surface area contributed by atoms with Gasteiger partial charge in [0.1, 0.15) is 5.82 Å². The SMILES string of the molecule is Cc1cnc(NCc2ccccc2F)nc1. The molecule has 0 aliphatic rings. The Morgan fingerprint density at radius 3 is 2.56 bits per heavy atom. The Kier molecular flexibility index (Phi) is 3.10. The summed E-state index contributed by atoms with van der Waals surface area (Å²) in [5.41, 5.74) is 1.60. The lowest BCUT2D eigenvalue weighted by atomic mass is 10.2. The maximum Gasteiger partial charge on any atom is 0.222 e. The zero-order valence-corrected chi connectivity index (χ0v) is 8.94. The first-order chi connectivity index (χ1) is 7.75. The van der Waals surface area contributed by atoms with Crippen molar-refractivity contribution in [3.63, 3.8) is 0 Å². The summed E-state index contributed by atoms with van der Waals surface area (Å²) in [6, 6.07) is 6.64. The van der Waals surface area contributed by atoms with Crippen LogP contribution in [-0.4, -0.2) is 9.97 Å². The Morgan fingerprint density at radius 1 is 1.19 bits per heavy atom. The van der Waals surface area contributed by atoms with Crippen molar-refractivity contribution in [1.82, 2.24) is 9.97 Å². The summed E-state index contributed by atoms with van der Waals surface area (Å²) in [7, 11) is 0. The standard InChI is InChI=1S/C12H12FN3/c1-9-6-14-12(15-7-9)16-8-10-4-2-3-5-11(10)13/h2-7H,8H2,1H3,(H,14,15,16). The van der Waals surface area contributed by atoms with Gasteiger partial charge in [0.2, 0.25) is 5.95 Å². The molecule has 0 amide bonds. The molecule has 0 aliphatic heterocycles. The zero-order valence-electron chi connectivity index (χ0n) is 8.94. The van der Waals surface area contributed by atoms with E-state index >= 15 is 0 Å². The molecule has 1 aromatic carbocycles. The fourth-order valence-corrected chi connectivity index (χ4v) is 1.30. The Morgan fingerprint density at radius 2 is 1.88 bits per heavy atom. The van der Waals surface area contributed by atoms with Crippen LogP contribution < -0.4 is 5.32 Å². The van der Waals surface area contributed by atoms with Gasteiger partial charge in [0.05, 0.1) is 0 Å². The van der Waals surface area contributed by atoms with Gasteiger partial charge in [-0.15, -0.1) is 0 Å². The number of anilines is 1. The minimum atomic E-state index is -0.220. The quantitative estimate of drug-likeness (QED) is 0.858. The first-order valence-electron chi connectivity index (χ1n) is 5.01. The van der Waals surface area contributed by atoms with E-state index < -0.39 is 0 Å². The van der Waals surface area contributed by atoms with Crippen LogP contribution in [0.15, 0.2) is 36.7 Å². The van der Waals surface area contributed by atoms with Gasteiger partial charge >= 0.3 is 0 Å². The monoisotopic (exact) mass is 217 g/mol. The van der Waals surface area contributed by atoms with Crippen LogP contribution in [0.3, 0.4) is 0 Å². The molecule has 3 nitrogen and oxygen atoms in total. The molecule has 1 aromatic heterocycles. The molecule has 0 spiro atoms. The number of nitrogens with one attached hydrogen (secondary N) is 1. The van der Waals surface area contributed by atoms with E-state index in [4.69, 9.17) is 0 Å². The molecule has 0 bridgehead atoms. The summed E-state index contributed by atoms with van der Waals surface area (Å²) < 4.78 is 13.3. The summed E-state index contributed by atoms with van der Waals surface area (Å²) in [5.74, 6) is 0.288. The van der Waals surface area contributed by atoms with Crippen molar-refractivity contribution in [2.45, 2.75) is 13.5 Å². The van der Waals surface area contributed by atoms with E-state index in [2.05, 4.69) is 15.3 Å². The smallest absolute Gasteiger partial charge is 0.222 e. The van der Waals surface area contributed by atoms with Crippen LogP contribution in [0.1, 0.15) is 11.1 Å². The number of aryl methyl sites for hydroxylation is 1. The third kappa shape index (κ3) is 2.53. The van der Waals surface area contributed by atoms with E-state index in [1.807, 2.05) is 6.92 Å². The summed E-state index contributed by atoms with van der Waals surface area (Å²) in [5, 5.41) is 2.97. The second-order valence-corrected chi connectivity index (χ2v) is 3.53. The highest BCUT2D eigenvalue weighted by Crippen LogP contribution is 2.08. The predicted octanol–water partition coefficient (Wildman–Crippen LogP) is 2.54. The molecule has 1 heterocycles. The number of hydrogen-bond donors (Lipinski definition) is 1. The van der Waals surface area contributed by atoms with Crippen LogP contribution >= 0.6 is 0 Å². The maximum atomic E-state index is 13.3. The fourth-order valence-electron chi connectivity index (χ4n) is 1.30. The van der Waals surface area contributed by atoms with Crippen molar-refractivity contribution >= 4 is 5.95 Å². The highest BCUT2D eigenvalue weighted by Gasteiger charge is 2.00. The number of rotatable bonds is 3. The minimum Gasteiger partial charge on any atom is -0.350 e. The van der Waals surface area contributed by atoms with E-state index in [0.717, 1.165) is 5.56 Å². The Hall–Kier alpha value is -1.97. The molecule has 0 fully saturated rings. The Bertz CT molecular complexity index is 468. The number of nitrogens with zero attached hydrogens (tertiary/aromatic N) is 2. The minimum absolute atomic E-state index is 0.220. The summed E-state index contributed by atoms with van der Waals surface area (Å²) in [6.07, 6.45) is 3.44. The highest BCUT2D eigenvalue weighted by molar-refractivity contribution is 5.28. The third-order valence-corrected chi connectivity index (χ3v) is 2.18. The average molecular weight is 217 g/mol. The fraction of sp³-hybridized carbons (Fsp3) is 0.167. The van der Waals surface area contributed by atoms with Gasteiger partial charge in [0, 0.05) is 24.5 Å². The van der Waals surface area contributed by atoms with Gasteiger partial charge in [-0.2, -0.15) is 0 Å². The number of benzene rings is 1. The largest absolute Gasteiger partial charge is 0.350 e. The van der Waals surface area contributed by atoms with Gasteiger partial charge in [-0.25, -0.2) is 14.4 Å². The van der Waals surface area contributed by atoms with E-state index in [1.165, 1.54) is 6.07 Å². The van der Waals surface area contributed by atoms with Gasteiger partial charge in [-0.3, -0.25) is 0 Å². The van der Waals surface area contributed by atoms with Crippen LogP contribution in [0.4, 0.5) is 10.3 Å². The summed E-state index contributed by atoms with van der Waals surface area (Å²) in [4.78, 5) is 8.16. The van der Waals surface area contributed by atoms with Gasteiger partial charge in [-0.05, 0) is 18.6 Å². The topological polar surface area (TPSA) is 37.8 Å². The first-order valence-corrected chi connectivity index (χ1v) is 5.01. The molecular weight excluding hydrogens is 205 g/mol. The molecule has 1 N–H and O–H groups in total. The molecule has 0 radical (unpaired) electrons. The molecule has 2 rings (SSSR count). The molecule has 4 heteroatoms. The second-order valence-electron chi connectivity index (χ2n) is 3.53. The van der Waals surface area contributed by atoms with Crippen LogP contribution in [0, 0.1) is 12.7 Å². The van der Waals surface area contributed by atoms with E-state index in [0.29, 0.717) is 18.1 Å². The summed E-state index contributed by atoms with van der Waals surface area (Å²) >= 11 is 0. The van der Waals surface area contributed by atoms with Gasteiger partial charge in [0.15, 0.2) is 0 Å². The average Bonchev–Trinajstić information content (AvgIpc) is 2.30. The number of halogens is 1. The van der Waals surface area contributed by atoms with Crippen LogP contribution in [0.25, 0.3) is 0 Å². The predicted molar refractivity (Wildman–Crippen MR) is 60.5 cm³/mol. The third-order valence-electron chi connectivity index (χ3n) is 2.18. The van der Waals surface area contributed by atoms with Crippen molar-refractivity contribution in [1.29, 1.82) is 0 Å². The lowest BCUT2D eigenvalue weighted by Gasteiger charge is -2.05. The highest BCUT2D eigenvalue weighted by atomic mass is 19.1. The number of aromatic nitrogens is 2. The molecular formula is C12H12FN3. The molecule has 0 atom stereocenters. The molecule has 82 valence electrons. The van der Waals surface area contributed by atoms with Crippen molar-refractivity contribution < 1.29 is 4.39 Å². The molecule has 0 unspecified atom stereocenters. The van der Waals surface area contributed by atoms with Crippen molar-refractivity contribution in [3.05, 3.63) is 53.6 Å². The van der Waals surface area contributed by atoms with Crippen LogP contribution in [0.5, 0.6) is 0 Å². The maximum absolute atomic E-state index is 13.3. The Labute approximate surface area is 93.4 Å². The van der Waals surface area contributed by atoms with Gasteiger partial charge in [0.25, 0.3) is 0 Å². The van der Waals surface area contributed by atoms with Crippen molar-refractivity contribution in [3.8, 4) is 0 Å². The molecule has 16 heavy (non-hydrogen) atoms. The Balaban J connectivity index is 2.02. The van der Waals surface area contributed by atoms with E-state index in [-0.39, 0.29) is 5.82 Å². The van der Waals surface area contributed by atoms with Crippen molar-refractivity contribution in [2.75, 3.05) is 5.32 Å². The normalized spacial score (nSPS) is 10.1. The lowest BCUT2D eigenvalue weighted by molar-refractivity contribution is 0.612. The van der Waals surface area contributed by atoms with Crippen molar-refractivity contribution in [2.24, 2.45) is 0 Å².